The predicted molar refractivity (Wildman–Crippen MR) is 53.3 cm³/mol. The zero-order valence-corrected chi connectivity index (χ0v) is 9.26. The zero-order valence-electron chi connectivity index (χ0n) is 7.10. The second-order valence-corrected chi connectivity index (χ2v) is 4.08. The average Bonchev–Trinajstić information content (AvgIpc) is 2.35. The van der Waals surface area contributed by atoms with Crippen molar-refractivity contribution in [2.75, 3.05) is 18.1 Å². The van der Waals surface area contributed by atoms with E-state index in [1.165, 1.54) is 6.42 Å². The van der Waals surface area contributed by atoms with E-state index >= 15 is 0 Å². The van der Waals surface area contributed by atoms with E-state index < -0.39 is 0 Å². The van der Waals surface area contributed by atoms with Crippen molar-refractivity contribution in [1.29, 1.82) is 0 Å². The summed E-state index contributed by atoms with van der Waals surface area (Å²) in [5.74, 6) is 0. The molecule has 1 heterocycles. The van der Waals surface area contributed by atoms with Gasteiger partial charge >= 0.3 is 0 Å². The molecule has 2 nitrogen and oxygen atoms in total. The summed E-state index contributed by atoms with van der Waals surface area (Å²) in [5, 5.41) is 0. The lowest BCUT2D eigenvalue weighted by molar-refractivity contribution is -0.0409. The van der Waals surface area contributed by atoms with E-state index in [0.717, 1.165) is 17.5 Å². The van der Waals surface area contributed by atoms with Crippen molar-refractivity contribution in [2.24, 2.45) is 0 Å². The van der Waals surface area contributed by atoms with Crippen LogP contribution in [0.25, 0.3) is 0 Å². The van der Waals surface area contributed by atoms with Crippen LogP contribution < -0.4 is 0 Å². The molecule has 66 valence electrons. The summed E-state index contributed by atoms with van der Waals surface area (Å²) in [7, 11) is 1.73. The fourth-order valence-corrected chi connectivity index (χ4v) is 1.95. The first kappa shape index (κ1) is 9.74. The topological polar surface area (TPSA) is 18.5 Å². The summed E-state index contributed by atoms with van der Waals surface area (Å²) in [6, 6.07) is 0. The molecule has 1 saturated heterocycles. The van der Waals surface area contributed by atoms with Crippen LogP contribution in [0.5, 0.6) is 0 Å². The van der Waals surface area contributed by atoms with Crippen LogP contribution in [0.2, 0.25) is 0 Å². The van der Waals surface area contributed by atoms with Gasteiger partial charge in [-0.05, 0) is 19.8 Å². The maximum Gasteiger partial charge on any atom is 0.0817 e. The first-order chi connectivity index (χ1) is 5.20. The summed E-state index contributed by atoms with van der Waals surface area (Å²) < 4.78 is 11.9. The standard InChI is InChI=1S/C8H15IO2/c1-8(6-9)4-3-7(11-8)5-10-2/h7H,3-6H2,1-2H3. The third-order valence-electron chi connectivity index (χ3n) is 2.08. The van der Waals surface area contributed by atoms with Crippen molar-refractivity contribution in [1.82, 2.24) is 0 Å². The highest BCUT2D eigenvalue weighted by Gasteiger charge is 2.34. The van der Waals surface area contributed by atoms with Crippen molar-refractivity contribution >= 4 is 22.6 Å². The molecule has 3 heteroatoms. The summed E-state index contributed by atoms with van der Waals surface area (Å²) in [4.78, 5) is 0. The van der Waals surface area contributed by atoms with Gasteiger partial charge in [-0.2, -0.15) is 0 Å². The van der Waals surface area contributed by atoms with Crippen molar-refractivity contribution in [3.05, 3.63) is 0 Å². The van der Waals surface area contributed by atoms with Crippen LogP contribution in [-0.4, -0.2) is 29.8 Å². The lowest BCUT2D eigenvalue weighted by Crippen LogP contribution is -2.27. The molecule has 1 fully saturated rings. The molecule has 0 bridgehead atoms. The third-order valence-corrected chi connectivity index (χ3v) is 3.70. The normalized spacial score (nSPS) is 37.9. The van der Waals surface area contributed by atoms with Crippen LogP contribution in [0.3, 0.4) is 0 Å². The maximum atomic E-state index is 5.81. The Labute approximate surface area is 81.8 Å². The van der Waals surface area contributed by atoms with E-state index in [4.69, 9.17) is 9.47 Å². The van der Waals surface area contributed by atoms with Gasteiger partial charge in [0.1, 0.15) is 0 Å². The van der Waals surface area contributed by atoms with Gasteiger partial charge in [0.25, 0.3) is 0 Å². The predicted octanol–water partition coefficient (Wildman–Crippen LogP) is 2.01. The minimum atomic E-state index is 0.115. The molecular weight excluding hydrogens is 255 g/mol. The van der Waals surface area contributed by atoms with E-state index in [2.05, 4.69) is 29.5 Å². The van der Waals surface area contributed by atoms with Gasteiger partial charge < -0.3 is 9.47 Å². The molecule has 0 aromatic heterocycles. The monoisotopic (exact) mass is 270 g/mol. The Balaban J connectivity index is 2.33. The molecule has 11 heavy (non-hydrogen) atoms. The molecule has 0 amide bonds. The molecule has 0 aromatic rings. The number of halogens is 1. The fourth-order valence-electron chi connectivity index (χ4n) is 1.39. The Hall–Kier alpha value is 0.650. The number of methoxy groups -OCH3 is 1. The number of rotatable bonds is 3. The van der Waals surface area contributed by atoms with Crippen LogP contribution in [0, 0.1) is 0 Å². The Morgan fingerprint density at radius 3 is 2.91 bits per heavy atom. The second kappa shape index (κ2) is 4.05. The third kappa shape index (κ3) is 2.56. The molecular formula is C8H15IO2. The van der Waals surface area contributed by atoms with Crippen molar-refractivity contribution in [3.63, 3.8) is 0 Å². The molecule has 0 aliphatic carbocycles. The number of ether oxygens (including phenoxy) is 2. The molecule has 2 unspecified atom stereocenters. The average molecular weight is 270 g/mol. The highest BCUT2D eigenvalue weighted by atomic mass is 127. The van der Waals surface area contributed by atoms with Crippen molar-refractivity contribution < 1.29 is 9.47 Å². The van der Waals surface area contributed by atoms with Gasteiger partial charge in [-0.25, -0.2) is 0 Å². The Morgan fingerprint density at radius 1 is 1.73 bits per heavy atom. The lowest BCUT2D eigenvalue weighted by Gasteiger charge is -2.21. The van der Waals surface area contributed by atoms with Gasteiger partial charge in [0, 0.05) is 11.5 Å². The first-order valence-corrected chi connectivity index (χ1v) is 5.45. The molecule has 1 rings (SSSR count). The fraction of sp³-hybridized carbons (Fsp3) is 1.00. The van der Waals surface area contributed by atoms with E-state index in [9.17, 15) is 0 Å². The zero-order chi connectivity index (χ0) is 8.32. The maximum absolute atomic E-state index is 5.81. The van der Waals surface area contributed by atoms with E-state index in [-0.39, 0.29) is 5.60 Å². The lowest BCUT2D eigenvalue weighted by atomic mass is 10.1. The van der Waals surface area contributed by atoms with Gasteiger partial charge in [0.15, 0.2) is 0 Å². The summed E-state index contributed by atoms with van der Waals surface area (Å²) in [5.41, 5.74) is 0.115. The Bertz CT molecular complexity index is 129. The number of hydrogen-bond donors (Lipinski definition) is 0. The molecule has 1 aliphatic rings. The van der Waals surface area contributed by atoms with Gasteiger partial charge in [-0.15, -0.1) is 0 Å². The highest BCUT2D eigenvalue weighted by molar-refractivity contribution is 14.1. The summed E-state index contributed by atoms with van der Waals surface area (Å²) >= 11 is 2.38. The van der Waals surface area contributed by atoms with Crippen molar-refractivity contribution in [2.45, 2.75) is 31.5 Å². The SMILES string of the molecule is COCC1CCC(C)(CI)O1. The number of alkyl halides is 1. The molecule has 0 spiro atoms. The van der Waals surface area contributed by atoms with Gasteiger partial charge in [-0.1, -0.05) is 22.6 Å². The van der Waals surface area contributed by atoms with E-state index in [1.807, 2.05) is 0 Å². The molecule has 0 saturated carbocycles. The van der Waals surface area contributed by atoms with Crippen LogP contribution in [0.4, 0.5) is 0 Å². The van der Waals surface area contributed by atoms with Gasteiger partial charge in [0.05, 0.1) is 18.3 Å². The summed E-state index contributed by atoms with van der Waals surface area (Å²) in [6.07, 6.45) is 2.65. The molecule has 1 aliphatic heterocycles. The van der Waals surface area contributed by atoms with E-state index in [1.54, 1.807) is 7.11 Å². The quantitative estimate of drug-likeness (QED) is 0.577. The van der Waals surface area contributed by atoms with Crippen LogP contribution in [0.1, 0.15) is 19.8 Å². The summed E-state index contributed by atoms with van der Waals surface area (Å²) in [6.45, 7) is 2.92. The van der Waals surface area contributed by atoms with Crippen LogP contribution in [0.15, 0.2) is 0 Å². The second-order valence-electron chi connectivity index (χ2n) is 3.32. The number of hydrogen-bond acceptors (Lipinski definition) is 2. The molecule has 0 radical (unpaired) electrons. The molecule has 0 aromatic carbocycles. The Kier molecular flexibility index (Phi) is 3.58. The first-order valence-electron chi connectivity index (χ1n) is 3.93. The Morgan fingerprint density at radius 2 is 2.45 bits per heavy atom. The van der Waals surface area contributed by atoms with Crippen LogP contribution in [-0.2, 0) is 9.47 Å². The molecule has 2 atom stereocenters. The highest BCUT2D eigenvalue weighted by Crippen LogP contribution is 2.31. The molecule has 0 N–H and O–H groups in total. The minimum absolute atomic E-state index is 0.115. The van der Waals surface area contributed by atoms with Gasteiger partial charge in [-0.3, -0.25) is 0 Å². The van der Waals surface area contributed by atoms with Gasteiger partial charge in [0.2, 0.25) is 0 Å². The van der Waals surface area contributed by atoms with Crippen molar-refractivity contribution in [3.8, 4) is 0 Å². The smallest absolute Gasteiger partial charge is 0.0817 e. The minimum Gasteiger partial charge on any atom is -0.382 e. The largest absolute Gasteiger partial charge is 0.382 e. The van der Waals surface area contributed by atoms with E-state index in [0.29, 0.717) is 6.10 Å². The van der Waals surface area contributed by atoms with Crippen LogP contribution >= 0.6 is 22.6 Å².